The van der Waals surface area contributed by atoms with Gasteiger partial charge in [-0.3, -0.25) is 4.79 Å². The minimum Gasteiger partial charge on any atom is -0.369 e. The fraction of sp³-hybridized carbons (Fsp3) is 0.286. The number of nitrogens with zero attached hydrogens (tertiary/aromatic N) is 6. The molecular weight excluding hydrogens is 562 g/mol. The van der Waals surface area contributed by atoms with E-state index in [4.69, 9.17) is 9.97 Å². The van der Waals surface area contributed by atoms with E-state index < -0.39 is 0 Å². The van der Waals surface area contributed by atoms with Gasteiger partial charge in [-0.05, 0) is 74.8 Å². The largest absolute Gasteiger partial charge is 0.369 e. The summed E-state index contributed by atoms with van der Waals surface area (Å²) in [6.45, 7) is 11.8. The molecule has 0 spiro atoms. The first-order valence-corrected chi connectivity index (χ1v) is 15.5. The van der Waals surface area contributed by atoms with Crippen molar-refractivity contribution in [3.05, 3.63) is 91.5 Å². The Morgan fingerprint density at radius 3 is 2.02 bits per heavy atom. The molecule has 1 amide bonds. The molecule has 0 aliphatic carbocycles. The number of benzene rings is 3. The molecule has 0 bridgehead atoms. The Labute approximate surface area is 265 Å². The molecule has 3 heterocycles. The minimum absolute atomic E-state index is 0.264. The molecule has 45 heavy (non-hydrogen) atoms. The quantitative estimate of drug-likeness (QED) is 0.222. The Morgan fingerprint density at radius 2 is 1.33 bits per heavy atom. The Hall–Kier alpha value is -4.93. The van der Waals surface area contributed by atoms with Gasteiger partial charge in [0.25, 0.3) is 0 Å². The molecule has 0 saturated carbocycles. The zero-order chi connectivity index (χ0) is 31.2. The molecule has 232 valence electrons. The van der Waals surface area contributed by atoms with Crippen LogP contribution >= 0.6 is 0 Å². The maximum atomic E-state index is 12.0. The number of hydrogen-bond donors (Lipinski definition) is 3. The smallest absolute Gasteiger partial charge is 0.247 e. The fourth-order valence-corrected chi connectivity index (χ4v) is 5.61. The number of hydrogen-bond acceptors (Lipinski definition) is 9. The van der Waals surface area contributed by atoms with Crippen LogP contribution in [-0.4, -0.2) is 92.1 Å². The van der Waals surface area contributed by atoms with Crippen molar-refractivity contribution in [3.63, 3.8) is 0 Å². The van der Waals surface area contributed by atoms with Gasteiger partial charge in [-0.15, -0.1) is 0 Å². The van der Waals surface area contributed by atoms with Crippen LogP contribution in [0.25, 0.3) is 11.3 Å². The summed E-state index contributed by atoms with van der Waals surface area (Å²) in [5.41, 5.74) is 6.48. The van der Waals surface area contributed by atoms with Crippen LogP contribution in [0.5, 0.6) is 0 Å². The van der Waals surface area contributed by atoms with Crippen LogP contribution in [-0.2, 0) is 4.79 Å². The first-order valence-electron chi connectivity index (χ1n) is 15.5. The summed E-state index contributed by atoms with van der Waals surface area (Å²) in [5.74, 6) is 0.866. The summed E-state index contributed by atoms with van der Waals surface area (Å²) in [6.07, 6.45) is 1.26. The van der Waals surface area contributed by atoms with Crippen molar-refractivity contribution >= 4 is 46.1 Å². The average Bonchev–Trinajstić information content (AvgIpc) is 3.06. The standard InChI is InChI=1S/C35H41N9O/c1-4-34(45)37-28-8-5-7-26(23-28)32-25-33(36-27-11-13-30(14-12-27)43-19-15-41(2)16-20-43)40-35(39-32)38-29-9-6-10-31(24-29)44-21-17-42(3)18-22-44/h4-14,23-25H,1,15-22H2,2-3H3,(H,37,45)(H2,36,38,39,40). The van der Waals surface area contributed by atoms with Crippen LogP contribution in [0.15, 0.2) is 91.5 Å². The van der Waals surface area contributed by atoms with Gasteiger partial charge in [-0.25, -0.2) is 4.98 Å². The number of carbonyl (C=O) groups excluding carboxylic acids is 1. The lowest BCUT2D eigenvalue weighted by molar-refractivity contribution is -0.111. The van der Waals surface area contributed by atoms with Gasteiger partial charge in [0.05, 0.1) is 5.69 Å². The van der Waals surface area contributed by atoms with Gasteiger partial charge in [0.15, 0.2) is 0 Å². The van der Waals surface area contributed by atoms with Gasteiger partial charge in [0.2, 0.25) is 11.9 Å². The number of likely N-dealkylation sites (N-methyl/N-ethyl adjacent to an activating group) is 2. The van der Waals surface area contributed by atoms with Gasteiger partial charge in [0.1, 0.15) is 5.82 Å². The van der Waals surface area contributed by atoms with Crippen LogP contribution < -0.4 is 25.8 Å². The lowest BCUT2D eigenvalue weighted by Crippen LogP contribution is -2.44. The third kappa shape index (κ3) is 7.78. The van der Waals surface area contributed by atoms with Crippen molar-refractivity contribution in [2.75, 3.05) is 92.2 Å². The topological polar surface area (TPSA) is 91.9 Å². The van der Waals surface area contributed by atoms with Crippen molar-refractivity contribution in [2.45, 2.75) is 0 Å². The van der Waals surface area contributed by atoms with Gasteiger partial charge in [-0.1, -0.05) is 24.8 Å². The van der Waals surface area contributed by atoms with Crippen LogP contribution in [0.1, 0.15) is 0 Å². The van der Waals surface area contributed by atoms with Crippen molar-refractivity contribution in [1.29, 1.82) is 0 Å². The van der Waals surface area contributed by atoms with E-state index in [2.05, 4.69) is 98.7 Å². The van der Waals surface area contributed by atoms with Gasteiger partial charge in [0, 0.05) is 92.4 Å². The molecule has 6 rings (SSSR count). The molecule has 10 nitrogen and oxygen atoms in total. The van der Waals surface area contributed by atoms with Crippen LogP contribution in [0.2, 0.25) is 0 Å². The van der Waals surface area contributed by atoms with E-state index in [1.807, 2.05) is 36.4 Å². The maximum absolute atomic E-state index is 12.0. The highest BCUT2D eigenvalue weighted by Gasteiger charge is 2.16. The average molecular weight is 604 g/mol. The van der Waals surface area contributed by atoms with E-state index >= 15 is 0 Å². The molecule has 4 aromatic rings. The molecule has 0 radical (unpaired) electrons. The normalized spacial score (nSPS) is 15.9. The second-order valence-electron chi connectivity index (χ2n) is 11.7. The maximum Gasteiger partial charge on any atom is 0.247 e. The molecule has 0 atom stereocenters. The summed E-state index contributed by atoms with van der Waals surface area (Å²) in [4.78, 5) is 31.2. The zero-order valence-corrected chi connectivity index (χ0v) is 26.0. The number of amides is 1. The molecule has 3 aromatic carbocycles. The van der Waals surface area contributed by atoms with Crippen LogP contribution in [0.3, 0.4) is 0 Å². The number of piperazine rings is 2. The number of carbonyl (C=O) groups is 1. The van der Waals surface area contributed by atoms with Crippen molar-refractivity contribution < 1.29 is 4.79 Å². The second kappa shape index (κ2) is 13.8. The summed E-state index contributed by atoms with van der Waals surface area (Å²) >= 11 is 0. The molecular formula is C35H41N9O. The molecule has 2 fully saturated rings. The highest BCUT2D eigenvalue weighted by molar-refractivity contribution is 5.99. The van der Waals surface area contributed by atoms with E-state index in [-0.39, 0.29) is 5.91 Å². The predicted octanol–water partition coefficient (Wildman–Crippen LogP) is 5.26. The minimum atomic E-state index is -0.264. The summed E-state index contributed by atoms with van der Waals surface area (Å²) < 4.78 is 0. The van der Waals surface area contributed by atoms with E-state index in [0.717, 1.165) is 69.3 Å². The first kappa shape index (κ1) is 30.1. The highest BCUT2D eigenvalue weighted by Crippen LogP contribution is 2.29. The van der Waals surface area contributed by atoms with Crippen LogP contribution in [0, 0.1) is 0 Å². The highest BCUT2D eigenvalue weighted by atomic mass is 16.1. The van der Waals surface area contributed by atoms with Crippen LogP contribution in [0.4, 0.5) is 40.2 Å². The monoisotopic (exact) mass is 603 g/mol. The third-order valence-electron chi connectivity index (χ3n) is 8.32. The van der Waals surface area contributed by atoms with Gasteiger partial charge in [-0.2, -0.15) is 4.98 Å². The van der Waals surface area contributed by atoms with E-state index in [1.54, 1.807) is 0 Å². The first-order chi connectivity index (χ1) is 21.9. The van der Waals surface area contributed by atoms with Gasteiger partial charge >= 0.3 is 0 Å². The molecule has 10 heteroatoms. The van der Waals surface area contributed by atoms with Gasteiger partial charge < -0.3 is 35.6 Å². The zero-order valence-electron chi connectivity index (χ0n) is 26.0. The van der Waals surface area contributed by atoms with Crippen molar-refractivity contribution in [3.8, 4) is 11.3 Å². The Morgan fingerprint density at radius 1 is 0.689 bits per heavy atom. The number of nitrogens with one attached hydrogen (secondary N) is 3. The Balaban J connectivity index is 1.27. The SMILES string of the molecule is C=CC(=O)Nc1cccc(-c2cc(Nc3ccc(N4CCN(C)CC4)cc3)nc(Nc3cccc(N4CCN(C)CC4)c3)n2)c1. The molecule has 0 unspecified atom stereocenters. The number of aromatic nitrogens is 2. The van der Waals surface area contributed by atoms with E-state index in [9.17, 15) is 4.79 Å². The molecule has 2 saturated heterocycles. The van der Waals surface area contributed by atoms with E-state index in [0.29, 0.717) is 23.1 Å². The molecule has 3 N–H and O–H groups in total. The third-order valence-corrected chi connectivity index (χ3v) is 8.32. The predicted molar refractivity (Wildman–Crippen MR) is 185 cm³/mol. The molecule has 1 aromatic heterocycles. The molecule has 2 aliphatic rings. The second-order valence-corrected chi connectivity index (χ2v) is 11.7. The summed E-state index contributed by atoms with van der Waals surface area (Å²) in [5, 5.41) is 9.77. The van der Waals surface area contributed by atoms with E-state index in [1.165, 1.54) is 17.5 Å². The number of anilines is 7. The molecule has 2 aliphatic heterocycles. The summed E-state index contributed by atoms with van der Waals surface area (Å²) in [7, 11) is 4.33. The lowest BCUT2D eigenvalue weighted by Gasteiger charge is -2.34. The Kier molecular flexibility index (Phi) is 9.23. The summed E-state index contributed by atoms with van der Waals surface area (Å²) in [6, 6.07) is 26.4. The number of rotatable bonds is 9. The van der Waals surface area contributed by atoms with Crippen molar-refractivity contribution in [2.24, 2.45) is 0 Å². The Bertz CT molecular complexity index is 1620. The fourth-order valence-electron chi connectivity index (χ4n) is 5.61. The van der Waals surface area contributed by atoms with Crippen molar-refractivity contribution in [1.82, 2.24) is 19.8 Å². The lowest BCUT2D eigenvalue weighted by atomic mass is 10.1.